The molecule has 3 aromatic rings. The van der Waals surface area contributed by atoms with Gasteiger partial charge in [0.25, 0.3) is 5.91 Å². The minimum atomic E-state index is -0.381. The van der Waals surface area contributed by atoms with E-state index in [1.54, 1.807) is 33.1 Å². The topological polar surface area (TPSA) is 80.3 Å². The van der Waals surface area contributed by atoms with Crippen LogP contribution in [0, 0.1) is 19.7 Å². The lowest BCUT2D eigenvalue weighted by atomic mass is 10.2. The van der Waals surface area contributed by atoms with Crippen LogP contribution in [0.15, 0.2) is 42.5 Å². The van der Waals surface area contributed by atoms with E-state index in [-0.39, 0.29) is 24.1 Å². The summed E-state index contributed by atoms with van der Waals surface area (Å²) in [7, 11) is 1.60. The number of amides is 2. The van der Waals surface area contributed by atoms with Crippen LogP contribution in [0.1, 0.15) is 31.5 Å². The zero-order chi connectivity index (χ0) is 21.7. The van der Waals surface area contributed by atoms with Crippen molar-refractivity contribution in [3.8, 4) is 5.75 Å². The van der Waals surface area contributed by atoms with Crippen molar-refractivity contribution < 1.29 is 18.7 Å². The predicted molar refractivity (Wildman–Crippen MR) is 114 cm³/mol. The summed E-state index contributed by atoms with van der Waals surface area (Å²) in [4.78, 5) is 29.6. The molecule has 30 heavy (non-hydrogen) atoms. The first kappa shape index (κ1) is 21.4. The Labute approximate surface area is 178 Å². The molecule has 0 aliphatic rings. The summed E-state index contributed by atoms with van der Waals surface area (Å²) in [5.41, 5.74) is 2.40. The molecule has 0 spiro atoms. The van der Waals surface area contributed by atoms with Gasteiger partial charge in [0.15, 0.2) is 0 Å². The molecule has 0 saturated carbocycles. The second-order valence-electron chi connectivity index (χ2n) is 6.74. The van der Waals surface area contributed by atoms with E-state index in [0.29, 0.717) is 33.4 Å². The highest BCUT2D eigenvalue weighted by Crippen LogP contribution is 2.20. The fourth-order valence-electron chi connectivity index (χ4n) is 2.76. The molecule has 0 saturated heterocycles. The zero-order valence-electron chi connectivity index (χ0n) is 16.9. The second kappa shape index (κ2) is 9.49. The molecule has 0 fully saturated rings. The largest absolute Gasteiger partial charge is 0.497 e. The lowest BCUT2D eigenvalue weighted by Gasteiger charge is -2.05. The number of benzene rings is 2. The van der Waals surface area contributed by atoms with Gasteiger partial charge in [0.1, 0.15) is 21.5 Å². The smallest absolute Gasteiger partial charge is 0.263 e. The molecule has 0 unspecified atom stereocenters. The molecule has 0 aliphatic heterocycles. The van der Waals surface area contributed by atoms with E-state index < -0.39 is 0 Å². The minimum absolute atomic E-state index is 0.00671. The summed E-state index contributed by atoms with van der Waals surface area (Å²) in [6.45, 7) is 3.75. The van der Waals surface area contributed by atoms with Crippen molar-refractivity contribution in [3.05, 3.63) is 75.0 Å². The predicted octanol–water partition coefficient (Wildman–Crippen LogP) is 4.02. The maximum Gasteiger partial charge on any atom is 0.263 e. The van der Waals surface area contributed by atoms with Gasteiger partial charge in [-0.1, -0.05) is 18.2 Å². The molecule has 2 N–H and O–H groups in total. The molecule has 0 bridgehead atoms. The van der Waals surface area contributed by atoms with E-state index in [1.165, 1.54) is 17.4 Å². The first-order valence-corrected chi connectivity index (χ1v) is 10.1. The quantitative estimate of drug-likeness (QED) is 0.597. The number of carbonyl (C=O) groups excluding carboxylic acids is 2. The van der Waals surface area contributed by atoms with Crippen LogP contribution in [0.25, 0.3) is 0 Å². The number of aromatic nitrogens is 1. The molecule has 1 aromatic heterocycles. The van der Waals surface area contributed by atoms with Crippen LogP contribution in [-0.2, 0) is 17.8 Å². The Morgan fingerprint density at radius 3 is 2.53 bits per heavy atom. The number of rotatable bonds is 7. The van der Waals surface area contributed by atoms with Crippen molar-refractivity contribution in [3.63, 3.8) is 0 Å². The maximum absolute atomic E-state index is 13.6. The molecule has 1 heterocycles. The van der Waals surface area contributed by atoms with Crippen LogP contribution in [-0.4, -0.2) is 23.9 Å². The van der Waals surface area contributed by atoms with Gasteiger partial charge in [0, 0.05) is 12.2 Å². The lowest BCUT2D eigenvalue weighted by molar-refractivity contribution is -0.115. The van der Waals surface area contributed by atoms with E-state index in [4.69, 9.17) is 4.74 Å². The highest BCUT2D eigenvalue weighted by molar-refractivity contribution is 7.13. The fraction of sp³-hybridized carbons (Fsp3) is 0.227. The van der Waals surface area contributed by atoms with Gasteiger partial charge in [-0.15, -0.1) is 11.3 Å². The number of hydrogen-bond acceptors (Lipinski definition) is 5. The molecule has 6 nitrogen and oxygen atoms in total. The van der Waals surface area contributed by atoms with Gasteiger partial charge >= 0.3 is 0 Å². The summed E-state index contributed by atoms with van der Waals surface area (Å²) in [5, 5.41) is 6.03. The van der Waals surface area contributed by atoms with Crippen LogP contribution in [0.5, 0.6) is 5.75 Å². The summed E-state index contributed by atoms with van der Waals surface area (Å²) >= 11 is 1.18. The third kappa shape index (κ3) is 5.42. The van der Waals surface area contributed by atoms with Gasteiger partial charge < -0.3 is 15.4 Å². The number of nitrogens with one attached hydrogen (secondary N) is 2. The monoisotopic (exact) mass is 427 g/mol. The Kier molecular flexibility index (Phi) is 6.79. The highest BCUT2D eigenvalue weighted by atomic mass is 32.1. The van der Waals surface area contributed by atoms with E-state index in [2.05, 4.69) is 15.6 Å². The molecular weight excluding hydrogens is 405 g/mol. The summed E-state index contributed by atoms with van der Waals surface area (Å²) in [6.07, 6.45) is 0.00671. The second-order valence-corrected chi connectivity index (χ2v) is 7.83. The van der Waals surface area contributed by atoms with Crippen molar-refractivity contribution in [1.82, 2.24) is 10.3 Å². The van der Waals surface area contributed by atoms with Crippen molar-refractivity contribution in [2.75, 3.05) is 12.4 Å². The summed E-state index contributed by atoms with van der Waals surface area (Å²) in [6, 6.07) is 11.9. The number of hydrogen-bond donors (Lipinski definition) is 2. The highest BCUT2D eigenvalue weighted by Gasteiger charge is 2.17. The third-order valence-electron chi connectivity index (χ3n) is 4.43. The normalized spacial score (nSPS) is 10.5. The van der Waals surface area contributed by atoms with E-state index in [0.717, 1.165) is 11.3 Å². The van der Waals surface area contributed by atoms with E-state index in [1.807, 2.05) is 24.3 Å². The number of halogens is 1. The third-order valence-corrected chi connectivity index (χ3v) is 5.58. The van der Waals surface area contributed by atoms with E-state index >= 15 is 0 Å². The van der Waals surface area contributed by atoms with Gasteiger partial charge in [-0.05, 0) is 49.2 Å². The summed E-state index contributed by atoms with van der Waals surface area (Å²) < 4.78 is 18.7. The Morgan fingerprint density at radius 2 is 1.87 bits per heavy atom. The number of thiazole rings is 1. The van der Waals surface area contributed by atoms with Crippen LogP contribution in [0.4, 0.5) is 10.1 Å². The molecule has 0 atom stereocenters. The number of aryl methyl sites for hydroxylation is 2. The Balaban J connectivity index is 1.58. The van der Waals surface area contributed by atoms with Crippen molar-refractivity contribution in [1.29, 1.82) is 0 Å². The molecule has 156 valence electrons. The average Bonchev–Trinajstić information content (AvgIpc) is 3.09. The molecule has 3 rings (SSSR count). The number of carbonyl (C=O) groups is 2. The van der Waals surface area contributed by atoms with Crippen LogP contribution >= 0.6 is 11.3 Å². The van der Waals surface area contributed by atoms with Crippen molar-refractivity contribution in [2.24, 2.45) is 0 Å². The van der Waals surface area contributed by atoms with Crippen LogP contribution in [0.2, 0.25) is 0 Å². The lowest BCUT2D eigenvalue weighted by Crippen LogP contribution is -2.22. The van der Waals surface area contributed by atoms with Gasteiger partial charge in [-0.2, -0.15) is 0 Å². The Hall–Kier alpha value is -3.26. The molecule has 0 aliphatic carbocycles. The standard InChI is InChI=1S/C22H22FN3O3S/c1-13-4-7-16(10-18(13)23)26-19(27)11-20-25-14(2)21(30-20)22(28)24-12-15-5-8-17(29-3)9-6-15/h4-10H,11-12H2,1-3H3,(H,24,28)(H,26,27). The molecule has 2 aromatic carbocycles. The van der Waals surface area contributed by atoms with Crippen LogP contribution in [0.3, 0.4) is 0 Å². The van der Waals surface area contributed by atoms with Gasteiger partial charge in [0.05, 0.1) is 19.2 Å². The molecule has 2 amide bonds. The Morgan fingerprint density at radius 1 is 1.13 bits per heavy atom. The van der Waals surface area contributed by atoms with Crippen molar-refractivity contribution >= 4 is 28.8 Å². The van der Waals surface area contributed by atoms with Gasteiger partial charge in [0.2, 0.25) is 5.91 Å². The molecule has 8 heteroatoms. The Bertz CT molecular complexity index is 1060. The first-order valence-electron chi connectivity index (χ1n) is 9.29. The average molecular weight is 428 g/mol. The number of methoxy groups -OCH3 is 1. The van der Waals surface area contributed by atoms with Crippen LogP contribution < -0.4 is 15.4 Å². The van der Waals surface area contributed by atoms with Gasteiger partial charge in [-0.3, -0.25) is 9.59 Å². The number of anilines is 1. The first-order chi connectivity index (χ1) is 14.4. The zero-order valence-corrected chi connectivity index (χ0v) is 17.7. The number of ether oxygens (including phenoxy) is 1. The van der Waals surface area contributed by atoms with E-state index in [9.17, 15) is 14.0 Å². The molecular formula is C22H22FN3O3S. The SMILES string of the molecule is COc1ccc(CNC(=O)c2sc(CC(=O)Nc3ccc(C)c(F)c3)nc2C)cc1. The fourth-order valence-corrected chi connectivity index (χ4v) is 3.74. The molecule has 0 radical (unpaired) electrons. The van der Waals surface area contributed by atoms with Crippen molar-refractivity contribution in [2.45, 2.75) is 26.8 Å². The maximum atomic E-state index is 13.6. The van der Waals surface area contributed by atoms with Gasteiger partial charge in [-0.25, -0.2) is 9.37 Å². The minimum Gasteiger partial charge on any atom is -0.497 e. The number of nitrogens with zero attached hydrogens (tertiary/aromatic N) is 1. The summed E-state index contributed by atoms with van der Waals surface area (Å²) in [5.74, 6) is -0.196.